The Morgan fingerprint density at radius 3 is 1.19 bits per heavy atom. The van der Waals surface area contributed by atoms with Crippen molar-refractivity contribution in [3.63, 3.8) is 0 Å². The number of H-pyrrole nitrogens is 2. The number of aromatic amines is 2. The Labute approximate surface area is 437 Å². The zero-order valence-corrected chi connectivity index (χ0v) is 42.9. The van der Waals surface area contributed by atoms with E-state index in [0.717, 1.165) is 94.9 Å². The Morgan fingerprint density at radius 1 is 0.448 bits per heavy atom. The second-order valence-corrected chi connectivity index (χ2v) is 16.0. The van der Waals surface area contributed by atoms with Crippen molar-refractivity contribution in [3.05, 3.63) is 181 Å². The molecule has 0 aliphatic carbocycles. The second kappa shape index (κ2) is 19.8. The van der Waals surface area contributed by atoms with Gasteiger partial charge in [0.2, 0.25) is 0 Å². The van der Waals surface area contributed by atoms with Crippen LogP contribution >= 0.6 is 0 Å². The number of hydrogen-bond donors (Lipinski definition) is 3. The highest BCUT2D eigenvalue weighted by Crippen LogP contribution is 2.38. The first kappa shape index (κ1) is 47.0. The molecule has 9 heterocycles. The fourth-order valence-electron chi connectivity index (χ4n) is 8.41. The molecule has 0 atom stereocenters. The lowest BCUT2D eigenvalue weighted by Crippen LogP contribution is -3.00. The third-order valence-electron chi connectivity index (χ3n) is 11.7. The predicted molar refractivity (Wildman–Crippen MR) is 252 cm³/mol. The van der Waals surface area contributed by atoms with Crippen molar-refractivity contribution in [1.29, 1.82) is 0 Å². The Bertz CT molecular complexity index is 3520. The van der Waals surface area contributed by atoms with Crippen LogP contribution in [0.1, 0.15) is 33.3 Å². The first-order chi connectivity index (χ1) is 31.3. The van der Waals surface area contributed by atoms with Crippen LogP contribution in [-0.2, 0) is 21.1 Å². The summed E-state index contributed by atoms with van der Waals surface area (Å²) in [5.74, 6) is -0.339. The molecule has 1 amide bonds. The van der Waals surface area contributed by atoms with Gasteiger partial charge in [-0.3, -0.25) is 9.78 Å². The predicted octanol–water partition coefficient (Wildman–Crippen LogP) is 0.00460. The molecule has 330 valence electrons. The quantitative estimate of drug-likeness (QED) is 0.160. The second-order valence-electron chi connectivity index (χ2n) is 16.0. The summed E-state index contributed by atoms with van der Waals surface area (Å²) in [4.78, 5) is 40.8. The summed E-state index contributed by atoms with van der Waals surface area (Å²) in [6.07, 6.45) is 22.2. The maximum Gasteiger partial charge on any atom is 0.275 e. The molecule has 0 unspecified atom stereocenters. The number of carbonyl (C=O) groups excluding carboxylic acids is 1. The van der Waals surface area contributed by atoms with Gasteiger partial charge in [-0.15, -0.1) is 0 Å². The molecule has 14 heteroatoms. The Morgan fingerprint density at radius 2 is 0.806 bits per heavy atom. The van der Waals surface area contributed by atoms with Crippen LogP contribution in [0.4, 0.5) is 5.69 Å². The van der Waals surface area contributed by atoms with Crippen molar-refractivity contribution in [2.75, 3.05) is 5.32 Å². The molecule has 3 N–H and O–H groups in total. The number of nitrogens with zero attached hydrogens (tertiary/aromatic N) is 7. The van der Waals surface area contributed by atoms with Gasteiger partial charge in [-0.05, 0) is 95.1 Å². The summed E-state index contributed by atoms with van der Waals surface area (Å²) in [5, 5.41) is 3.01. The molecule has 2 aliphatic rings. The lowest BCUT2D eigenvalue weighted by molar-refractivity contribution is -0.671. The van der Waals surface area contributed by atoms with Crippen molar-refractivity contribution >= 4 is 69.0 Å². The van der Waals surface area contributed by atoms with Gasteiger partial charge in [0.05, 0.1) is 40.0 Å². The van der Waals surface area contributed by atoms with Gasteiger partial charge in [-0.2, -0.15) is 0 Å². The van der Waals surface area contributed by atoms with Gasteiger partial charge in [0.15, 0.2) is 37.2 Å². The van der Waals surface area contributed by atoms with E-state index in [9.17, 15) is 4.79 Å². The van der Waals surface area contributed by atoms with E-state index >= 15 is 0 Å². The van der Waals surface area contributed by atoms with Crippen LogP contribution in [0.25, 0.3) is 102 Å². The van der Waals surface area contributed by atoms with Crippen LogP contribution in [0.5, 0.6) is 0 Å². The average Bonchev–Trinajstić information content (AvgIpc) is 4.17. The van der Waals surface area contributed by atoms with Gasteiger partial charge < -0.3 is 87.2 Å². The van der Waals surface area contributed by atoms with Gasteiger partial charge in [0.1, 0.15) is 26.8 Å². The van der Waals surface area contributed by atoms with Crippen LogP contribution in [0.15, 0.2) is 153 Å². The molecule has 8 bridgehead atoms. The van der Waals surface area contributed by atoms with Crippen LogP contribution in [0, 0.1) is 0 Å². The number of benzene rings is 2. The first-order valence-electron chi connectivity index (χ1n) is 21.0. The van der Waals surface area contributed by atoms with E-state index < -0.39 is 0 Å². The first-order valence-corrected chi connectivity index (χ1v) is 21.0. The van der Waals surface area contributed by atoms with Crippen LogP contribution in [0.3, 0.4) is 0 Å². The fraction of sp³-hybridized carbons (Fsp3) is 0.0566. The smallest absolute Gasteiger partial charge is 0.275 e. The minimum atomic E-state index is -0.339. The number of carbonyl (C=O) groups is 1. The summed E-state index contributed by atoms with van der Waals surface area (Å²) < 4.78 is 6.09. The number of aryl methyl sites for hydroxylation is 3. The third-order valence-corrected chi connectivity index (χ3v) is 11.7. The molecular formula is C53H41I3N10O. The van der Waals surface area contributed by atoms with Crippen molar-refractivity contribution in [3.8, 4) is 44.5 Å². The molecule has 7 aromatic heterocycles. The molecule has 2 aliphatic heterocycles. The average molecular weight is 1210 g/mol. The highest BCUT2D eigenvalue weighted by atomic mass is 127. The Hall–Kier alpha value is -6.51. The molecule has 9 aromatic rings. The standard InChI is InChI=1S/C53H39N10O.3HI/c1-61-26-20-34(21-27-61)50-42-14-12-40(57-42)49(33-8-10-37(11-9-33)55-53(64)48-32-54-38-6-4-5-7-39(38)56-48)41-13-15-43(58-41)51(35-22-28-62(2)29-23-35)45-17-19-47(60-45)52(46-18-16-44(50)59-46)36-24-30-63(3)31-25-36;;;/h4-32H,1-3H3,(H-,55,57,58,59,60,64);3*1H/q+1;;;/p-1. The van der Waals surface area contributed by atoms with E-state index in [1.165, 1.54) is 6.20 Å². The molecule has 0 fully saturated rings. The minimum Gasteiger partial charge on any atom is -1.00 e. The molecule has 0 saturated heterocycles. The van der Waals surface area contributed by atoms with Crippen molar-refractivity contribution < 1.29 is 90.4 Å². The van der Waals surface area contributed by atoms with Gasteiger partial charge in [0.25, 0.3) is 5.91 Å². The number of hydrogen-bond acceptors (Lipinski definition) is 5. The molecule has 0 radical (unpaired) electrons. The van der Waals surface area contributed by atoms with Crippen molar-refractivity contribution in [1.82, 2.24) is 29.9 Å². The Balaban J connectivity index is 0.00000203. The molecule has 11 nitrogen and oxygen atoms in total. The SMILES string of the molecule is C[n+]1ccc(-c2c3nc(c(-c4cc[n+](C)cc4)c4ccc([nH]4)c(-c4cc[n+](C)cc4)c4nc(c(-c5ccc(NC(=O)c6cnc7ccccc7n6)cc5)c5ccc2[nH]5)C=C4)C=C3)cc1.[I-].[I-].[I-]. The van der Waals surface area contributed by atoms with E-state index in [4.69, 9.17) is 9.97 Å². The number of anilines is 1. The lowest BCUT2D eigenvalue weighted by atomic mass is 10.0. The highest BCUT2D eigenvalue weighted by molar-refractivity contribution is 6.04. The Kier molecular flexibility index (Phi) is 13.9. The van der Waals surface area contributed by atoms with Gasteiger partial charge in [0, 0.05) is 86.4 Å². The van der Waals surface area contributed by atoms with Crippen molar-refractivity contribution in [2.45, 2.75) is 0 Å². The van der Waals surface area contributed by atoms with Gasteiger partial charge in [-0.25, -0.2) is 28.7 Å². The minimum absolute atomic E-state index is 0. The normalized spacial score (nSPS) is 11.4. The maximum absolute atomic E-state index is 13.4. The lowest BCUT2D eigenvalue weighted by Gasteiger charge is -2.08. The number of para-hydroxylation sites is 2. The van der Waals surface area contributed by atoms with E-state index in [1.807, 2.05) is 83.4 Å². The largest absolute Gasteiger partial charge is 1.00 e. The van der Waals surface area contributed by atoms with Crippen LogP contribution in [-0.4, -0.2) is 35.8 Å². The van der Waals surface area contributed by atoms with E-state index in [2.05, 4.69) is 147 Å². The highest BCUT2D eigenvalue weighted by Gasteiger charge is 2.20. The number of nitrogens with one attached hydrogen (secondary N) is 3. The van der Waals surface area contributed by atoms with E-state index in [-0.39, 0.29) is 83.5 Å². The molecule has 0 saturated carbocycles. The number of fused-ring (bicyclic) bond motifs is 9. The van der Waals surface area contributed by atoms with E-state index in [0.29, 0.717) is 11.2 Å². The number of pyridine rings is 3. The zero-order valence-electron chi connectivity index (χ0n) is 36.4. The topological polar surface area (TPSA) is 124 Å². The summed E-state index contributed by atoms with van der Waals surface area (Å²) in [6.45, 7) is 0. The number of rotatable bonds is 6. The molecule has 2 aromatic carbocycles. The number of amides is 1. The van der Waals surface area contributed by atoms with Crippen LogP contribution in [0.2, 0.25) is 0 Å². The maximum atomic E-state index is 13.4. The summed E-state index contributed by atoms with van der Waals surface area (Å²) >= 11 is 0. The summed E-state index contributed by atoms with van der Waals surface area (Å²) in [7, 11) is 6.05. The van der Waals surface area contributed by atoms with Crippen molar-refractivity contribution in [2.24, 2.45) is 21.1 Å². The third kappa shape index (κ3) is 9.29. The molecular weight excluding hydrogens is 1170 g/mol. The monoisotopic (exact) mass is 1210 g/mol. The van der Waals surface area contributed by atoms with E-state index in [1.54, 1.807) is 0 Å². The van der Waals surface area contributed by atoms with Crippen LogP contribution < -0.4 is 90.9 Å². The summed E-state index contributed by atoms with van der Waals surface area (Å²) in [5.41, 5.74) is 17.0. The molecule has 0 spiro atoms. The van der Waals surface area contributed by atoms with Gasteiger partial charge in [-0.1, -0.05) is 24.3 Å². The number of aromatic nitrogens is 9. The fourth-order valence-corrected chi connectivity index (χ4v) is 8.41. The number of halogens is 3. The zero-order chi connectivity index (χ0) is 43.3. The summed E-state index contributed by atoms with van der Waals surface area (Å²) in [6, 6.07) is 36.6. The van der Waals surface area contributed by atoms with Gasteiger partial charge >= 0.3 is 0 Å². The molecule has 67 heavy (non-hydrogen) atoms. The molecule has 11 rings (SSSR count).